The first kappa shape index (κ1) is 16.6. The highest BCUT2D eigenvalue weighted by molar-refractivity contribution is 7.98. The fourth-order valence-corrected chi connectivity index (χ4v) is 3.70. The number of hydrogen-bond acceptors (Lipinski definition) is 7. The van der Waals surface area contributed by atoms with Crippen molar-refractivity contribution in [2.75, 3.05) is 5.32 Å². The molecular weight excluding hydrogens is 356 g/mol. The number of furan rings is 1. The molecule has 8 nitrogen and oxygen atoms in total. The Morgan fingerprint density at radius 1 is 1.31 bits per heavy atom. The normalized spacial score (nSPS) is 13.6. The Labute approximate surface area is 152 Å². The van der Waals surface area contributed by atoms with Gasteiger partial charge >= 0.3 is 0 Å². The topological polar surface area (TPSA) is 103 Å². The maximum atomic E-state index is 12.9. The molecule has 0 atom stereocenters. The molecule has 0 bridgehead atoms. The van der Waals surface area contributed by atoms with Gasteiger partial charge in [-0.1, -0.05) is 5.16 Å². The Bertz CT molecular complexity index is 1020. The first-order chi connectivity index (χ1) is 12.5. The van der Waals surface area contributed by atoms with Gasteiger partial charge in [0.05, 0.1) is 17.5 Å². The molecule has 4 rings (SSSR count). The summed E-state index contributed by atoms with van der Waals surface area (Å²) in [5, 5.41) is 11.0. The Morgan fingerprint density at radius 2 is 2.15 bits per heavy atom. The number of nitrogens with one attached hydrogen (secondary N) is 1. The van der Waals surface area contributed by atoms with Gasteiger partial charge < -0.3 is 8.94 Å². The van der Waals surface area contributed by atoms with Crippen LogP contribution in [0.1, 0.15) is 25.1 Å². The molecule has 0 aromatic carbocycles. The number of hydrogen-bond donors (Lipinski definition) is 1. The summed E-state index contributed by atoms with van der Waals surface area (Å²) in [7, 11) is 0. The number of carbonyl (C=O) groups excluding carboxylic acids is 1. The van der Waals surface area contributed by atoms with E-state index >= 15 is 0 Å². The van der Waals surface area contributed by atoms with Crippen LogP contribution in [-0.2, 0) is 21.8 Å². The van der Waals surface area contributed by atoms with Crippen LogP contribution < -0.4 is 10.9 Å². The summed E-state index contributed by atoms with van der Waals surface area (Å²) < 4.78 is 11.7. The zero-order valence-corrected chi connectivity index (χ0v) is 15.0. The van der Waals surface area contributed by atoms with Gasteiger partial charge in [-0.15, -0.1) is 0 Å². The lowest BCUT2D eigenvalue weighted by molar-refractivity contribution is -0.123. The Morgan fingerprint density at radius 3 is 2.92 bits per heavy atom. The maximum absolute atomic E-state index is 12.9. The summed E-state index contributed by atoms with van der Waals surface area (Å²) in [5.41, 5.74) is 0.568. The van der Waals surface area contributed by atoms with Crippen molar-refractivity contribution >= 4 is 23.6 Å². The number of anilines is 1. The van der Waals surface area contributed by atoms with Crippen LogP contribution >= 0.6 is 11.8 Å². The lowest BCUT2D eigenvalue weighted by atomic mass is 10.0. The highest BCUT2D eigenvalue weighted by Gasteiger charge is 2.34. The van der Waals surface area contributed by atoms with E-state index in [1.54, 1.807) is 43.8 Å². The molecule has 3 aromatic heterocycles. The monoisotopic (exact) mass is 372 g/mol. The SMILES string of the molecule is CC(C)(C(=O)Nc1onc2c1CSC2)n1nc(-c2ccco2)ccc1=O. The molecule has 0 fully saturated rings. The molecule has 1 N–H and O–H groups in total. The second kappa shape index (κ2) is 6.17. The van der Waals surface area contributed by atoms with Gasteiger partial charge in [0.1, 0.15) is 11.2 Å². The molecule has 134 valence electrons. The minimum Gasteiger partial charge on any atom is -0.463 e. The quantitative estimate of drug-likeness (QED) is 0.751. The highest BCUT2D eigenvalue weighted by atomic mass is 32.2. The molecule has 0 aliphatic carbocycles. The van der Waals surface area contributed by atoms with Crippen LogP contribution in [0.3, 0.4) is 0 Å². The number of amides is 1. The lowest BCUT2D eigenvalue weighted by Gasteiger charge is -2.24. The van der Waals surface area contributed by atoms with Gasteiger partial charge in [0, 0.05) is 17.6 Å². The molecule has 0 radical (unpaired) electrons. The third-order valence-electron chi connectivity index (χ3n) is 4.24. The van der Waals surface area contributed by atoms with Crippen LogP contribution in [-0.4, -0.2) is 20.8 Å². The van der Waals surface area contributed by atoms with Crippen molar-refractivity contribution in [3.8, 4) is 11.5 Å². The molecular formula is C17H16N4O4S. The predicted molar refractivity (Wildman–Crippen MR) is 95.7 cm³/mol. The molecule has 9 heteroatoms. The first-order valence-electron chi connectivity index (χ1n) is 7.98. The summed E-state index contributed by atoms with van der Waals surface area (Å²) in [6.45, 7) is 3.24. The molecule has 0 unspecified atom stereocenters. The predicted octanol–water partition coefficient (Wildman–Crippen LogP) is 2.61. The van der Waals surface area contributed by atoms with Crippen LogP contribution in [0.5, 0.6) is 0 Å². The van der Waals surface area contributed by atoms with Crippen LogP contribution in [0.2, 0.25) is 0 Å². The highest BCUT2D eigenvalue weighted by Crippen LogP contribution is 2.35. The fraction of sp³-hybridized carbons (Fsp3) is 0.294. The summed E-state index contributed by atoms with van der Waals surface area (Å²) >= 11 is 1.71. The van der Waals surface area contributed by atoms with Crippen LogP contribution in [0, 0.1) is 0 Å². The van der Waals surface area contributed by atoms with E-state index in [0.717, 1.165) is 27.4 Å². The Hall–Kier alpha value is -2.81. The van der Waals surface area contributed by atoms with Gasteiger partial charge in [0.2, 0.25) is 5.88 Å². The summed E-state index contributed by atoms with van der Waals surface area (Å²) in [6.07, 6.45) is 1.52. The van der Waals surface area contributed by atoms with Crippen molar-refractivity contribution in [3.63, 3.8) is 0 Å². The third-order valence-corrected chi connectivity index (χ3v) is 5.21. The summed E-state index contributed by atoms with van der Waals surface area (Å²) in [5.74, 6) is 1.93. The first-order valence-corrected chi connectivity index (χ1v) is 9.13. The van der Waals surface area contributed by atoms with E-state index in [1.165, 1.54) is 12.3 Å². The lowest BCUT2D eigenvalue weighted by Crippen LogP contribution is -2.47. The van der Waals surface area contributed by atoms with Crippen molar-refractivity contribution in [2.24, 2.45) is 0 Å². The molecule has 0 spiro atoms. The van der Waals surface area contributed by atoms with E-state index in [9.17, 15) is 9.59 Å². The Kier molecular flexibility index (Phi) is 3.95. The van der Waals surface area contributed by atoms with Crippen molar-refractivity contribution in [2.45, 2.75) is 30.9 Å². The van der Waals surface area contributed by atoms with E-state index in [-0.39, 0.29) is 5.56 Å². The van der Waals surface area contributed by atoms with E-state index in [1.807, 2.05) is 0 Å². The van der Waals surface area contributed by atoms with E-state index in [0.29, 0.717) is 17.3 Å². The molecule has 3 aromatic rings. The zero-order valence-electron chi connectivity index (χ0n) is 14.2. The molecule has 1 aliphatic heterocycles. The largest absolute Gasteiger partial charge is 0.463 e. The van der Waals surface area contributed by atoms with Gasteiger partial charge in [-0.2, -0.15) is 16.9 Å². The third kappa shape index (κ3) is 2.74. The van der Waals surface area contributed by atoms with Gasteiger partial charge in [0.15, 0.2) is 5.76 Å². The van der Waals surface area contributed by atoms with Crippen molar-refractivity contribution in [3.05, 3.63) is 52.1 Å². The molecule has 4 heterocycles. The number of nitrogens with zero attached hydrogens (tertiary/aromatic N) is 3. The standard InChI is InChI=1S/C17H16N4O4S/c1-17(2,16(23)18-15-10-8-26-9-12(10)20-25-15)21-14(22)6-5-11(19-21)13-4-3-7-24-13/h3-7H,8-9H2,1-2H3,(H,18,23). The smallest absolute Gasteiger partial charge is 0.267 e. The van der Waals surface area contributed by atoms with Crippen LogP contribution in [0.4, 0.5) is 5.88 Å². The van der Waals surface area contributed by atoms with Gasteiger partial charge in [-0.05, 0) is 32.0 Å². The van der Waals surface area contributed by atoms with Gasteiger partial charge in [0.25, 0.3) is 11.5 Å². The number of carbonyl (C=O) groups is 1. The van der Waals surface area contributed by atoms with E-state index in [4.69, 9.17) is 8.94 Å². The molecule has 1 aliphatic rings. The van der Waals surface area contributed by atoms with Crippen molar-refractivity contribution in [1.29, 1.82) is 0 Å². The van der Waals surface area contributed by atoms with Crippen molar-refractivity contribution < 1.29 is 13.7 Å². The van der Waals surface area contributed by atoms with E-state index < -0.39 is 11.4 Å². The number of rotatable bonds is 4. The van der Waals surface area contributed by atoms with Gasteiger partial charge in [-0.25, -0.2) is 4.68 Å². The average molecular weight is 372 g/mol. The fourth-order valence-electron chi connectivity index (χ4n) is 2.67. The number of thioether (sulfide) groups is 1. The second-order valence-corrected chi connectivity index (χ2v) is 7.37. The minimum atomic E-state index is -1.24. The number of aromatic nitrogens is 3. The molecule has 0 saturated carbocycles. The second-order valence-electron chi connectivity index (χ2n) is 6.39. The summed E-state index contributed by atoms with van der Waals surface area (Å²) in [4.78, 5) is 25.2. The molecule has 26 heavy (non-hydrogen) atoms. The van der Waals surface area contributed by atoms with Crippen molar-refractivity contribution in [1.82, 2.24) is 14.9 Å². The van der Waals surface area contributed by atoms with Crippen LogP contribution in [0.25, 0.3) is 11.5 Å². The van der Waals surface area contributed by atoms with E-state index in [2.05, 4.69) is 15.6 Å². The zero-order chi connectivity index (χ0) is 18.3. The average Bonchev–Trinajstić information content (AvgIpc) is 3.34. The minimum absolute atomic E-state index is 0.332. The maximum Gasteiger partial charge on any atom is 0.267 e. The molecule has 0 saturated heterocycles. The summed E-state index contributed by atoms with van der Waals surface area (Å²) in [6, 6.07) is 6.39. The van der Waals surface area contributed by atoms with Crippen LogP contribution in [0.15, 0.2) is 44.3 Å². The Balaban J connectivity index is 1.66. The number of fused-ring (bicyclic) bond motifs is 1. The molecule has 1 amide bonds. The van der Waals surface area contributed by atoms with Gasteiger partial charge in [-0.3, -0.25) is 14.9 Å².